The Bertz CT molecular complexity index is 1360. The number of ether oxygens (including phenoxy) is 3. The average molecular weight is 530 g/mol. The number of nitrogens with one attached hydrogen (secondary N) is 3. The van der Waals surface area contributed by atoms with Gasteiger partial charge in [0.1, 0.15) is 0 Å². The van der Waals surface area contributed by atoms with Crippen LogP contribution in [0, 0.1) is 13.8 Å². The van der Waals surface area contributed by atoms with Crippen LogP contribution in [-0.2, 0) is 10.0 Å². The Labute approximate surface area is 215 Å². The number of amides is 1. The summed E-state index contributed by atoms with van der Waals surface area (Å²) >= 11 is 5.24. The van der Waals surface area contributed by atoms with Gasteiger partial charge in [0.15, 0.2) is 16.6 Å². The average Bonchev–Trinajstić information content (AvgIpc) is 2.85. The number of sulfonamides is 1. The molecule has 0 saturated carbocycles. The lowest BCUT2D eigenvalue weighted by atomic mass is 10.1. The largest absolute Gasteiger partial charge is 0.493 e. The molecule has 36 heavy (non-hydrogen) atoms. The van der Waals surface area contributed by atoms with Crippen molar-refractivity contribution >= 4 is 44.6 Å². The summed E-state index contributed by atoms with van der Waals surface area (Å²) in [4.78, 5) is 12.8. The maximum Gasteiger partial charge on any atom is 0.261 e. The number of methoxy groups -OCH3 is 3. The van der Waals surface area contributed by atoms with Gasteiger partial charge >= 0.3 is 0 Å². The van der Waals surface area contributed by atoms with Crippen LogP contribution in [-0.4, -0.2) is 40.8 Å². The minimum absolute atomic E-state index is 0.0256. The van der Waals surface area contributed by atoms with Crippen molar-refractivity contribution in [3.05, 3.63) is 71.3 Å². The molecule has 0 saturated heterocycles. The zero-order chi connectivity index (χ0) is 26.5. The summed E-state index contributed by atoms with van der Waals surface area (Å²) < 4.78 is 43.9. The summed E-state index contributed by atoms with van der Waals surface area (Å²) in [5, 5.41) is 5.46. The summed E-state index contributed by atoms with van der Waals surface area (Å²) in [5.74, 6) is 0.516. The quantitative estimate of drug-likeness (QED) is 0.371. The van der Waals surface area contributed by atoms with Crippen LogP contribution in [0.5, 0.6) is 17.2 Å². The molecule has 0 fully saturated rings. The minimum atomic E-state index is -3.78. The van der Waals surface area contributed by atoms with Crippen LogP contribution in [0.2, 0.25) is 0 Å². The lowest BCUT2D eigenvalue weighted by Gasteiger charge is -2.15. The summed E-state index contributed by atoms with van der Waals surface area (Å²) in [7, 11) is 0.592. The van der Waals surface area contributed by atoms with Crippen LogP contribution in [0.1, 0.15) is 21.5 Å². The van der Waals surface area contributed by atoms with Gasteiger partial charge in [-0.3, -0.25) is 14.8 Å². The Kier molecular flexibility index (Phi) is 8.38. The number of carbonyl (C=O) groups is 1. The molecule has 11 heteroatoms. The summed E-state index contributed by atoms with van der Waals surface area (Å²) in [6.07, 6.45) is 0. The van der Waals surface area contributed by atoms with Gasteiger partial charge in [-0.25, -0.2) is 8.42 Å². The van der Waals surface area contributed by atoms with Crippen LogP contribution >= 0.6 is 12.2 Å². The molecule has 0 spiro atoms. The van der Waals surface area contributed by atoms with E-state index in [1.165, 1.54) is 45.6 Å². The molecule has 0 heterocycles. The van der Waals surface area contributed by atoms with E-state index in [0.29, 0.717) is 28.6 Å². The number of benzene rings is 3. The van der Waals surface area contributed by atoms with Crippen molar-refractivity contribution < 1.29 is 27.4 Å². The molecule has 0 radical (unpaired) electrons. The molecule has 0 aliphatic heterocycles. The van der Waals surface area contributed by atoms with E-state index in [0.717, 1.165) is 11.1 Å². The second kappa shape index (κ2) is 11.3. The first-order chi connectivity index (χ1) is 17.1. The molecule has 190 valence electrons. The van der Waals surface area contributed by atoms with Crippen molar-refractivity contribution in [2.75, 3.05) is 31.4 Å². The van der Waals surface area contributed by atoms with E-state index in [1.54, 1.807) is 24.3 Å². The molecule has 0 bridgehead atoms. The first-order valence-corrected chi connectivity index (χ1v) is 12.6. The van der Waals surface area contributed by atoms with Crippen molar-refractivity contribution in [3.63, 3.8) is 0 Å². The molecule has 3 rings (SSSR count). The Morgan fingerprint density at radius 2 is 1.39 bits per heavy atom. The molecule has 0 aliphatic rings. The first-order valence-electron chi connectivity index (χ1n) is 10.7. The second-order valence-corrected chi connectivity index (χ2v) is 9.84. The molecular formula is C25H27N3O6S2. The number of aryl methyl sites for hydroxylation is 2. The maximum atomic E-state index is 12.7. The van der Waals surface area contributed by atoms with Gasteiger partial charge < -0.3 is 19.5 Å². The number of rotatable bonds is 8. The molecule has 3 aromatic rings. The second-order valence-electron chi connectivity index (χ2n) is 7.75. The number of hydrogen-bond acceptors (Lipinski definition) is 7. The molecule has 0 aromatic heterocycles. The highest BCUT2D eigenvalue weighted by Crippen LogP contribution is 2.38. The van der Waals surface area contributed by atoms with E-state index in [-0.39, 0.29) is 15.6 Å². The van der Waals surface area contributed by atoms with Gasteiger partial charge in [0, 0.05) is 16.9 Å². The van der Waals surface area contributed by atoms with Crippen LogP contribution in [0.3, 0.4) is 0 Å². The highest BCUT2D eigenvalue weighted by atomic mass is 32.2. The summed E-state index contributed by atoms with van der Waals surface area (Å²) in [6.45, 7) is 3.87. The predicted octanol–water partition coefficient (Wildman–Crippen LogP) is 4.26. The molecule has 1 amide bonds. The van der Waals surface area contributed by atoms with Gasteiger partial charge in [-0.15, -0.1) is 0 Å². The fourth-order valence-corrected chi connectivity index (χ4v) is 4.55. The third kappa shape index (κ3) is 6.23. The molecule has 0 atom stereocenters. The van der Waals surface area contributed by atoms with E-state index in [4.69, 9.17) is 26.4 Å². The topological polar surface area (TPSA) is 115 Å². The molecule has 0 aliphatic carbocycles. The third-order valence-electron chi connectivity index (χ3n) is 5.34. The zero-order valence-corrected chi connectivity index (χ0v) is 22.1. The molecule has 9 nitrogen and oxygen atoms in total. The van der Waals surface area contributed by atoms with Crippen molar-refractivity contribution in [1.82, 2.24) is 5.32 Å². The Morgan fingerprint density at radius 1 is 0.806 bits per heavy atom. The number of carbonyl (C=O) groups excluding carboxylic acids is 1. The maximum absolute atomic E-state index is 12.7. The van der Waals surface area contributed by atoms with Crippen molar-refractivity contribution in [3.8, 4) is 17.2 Å². The third-order valence-corrected chi connectivity index (χ3v) is 6.94. The van der Waals surface area contributed by atoms with Gasteiger partial charge in [-0.05, 0) is 85.7 Å². The smallest absolute Gasteiger partial charge is 0.261 e. The normalized spacial score (nSPS) is 10.8. The fraction of sp³-hybridized carbons (Fsp3) is 0.200. The van der Waals surface area contributed by atoms with Gasteiger partial charge in [0.25, 0.3) is 15.9 Å². The minimum Gasteiger partial charge on any atom is -0.493 e. The zero-order valence-electron chi connectivity index (χ0n) is 20.5. The molecule has 0 unspecified atom stereocenters. The first kappa shape index (κ1) is 26.8. The molecular weight excluding hydrogens is 502 g/mol. The van der Waals surface area contributed by atoms with Crippen molar-refractivity contribution in [2.24, 2.45) is 0 Å². The monoisotopic (exact) mass is 529 g/mol. The van der Waals surface area contributed by atoms with Gasteiger partial charge in [-0.1, -0.05) is 6.07 Å². The van der Waals surface area contributed by atoms with E-state index in [1.807, 2.05) is 19.9 Å². The predicted molar refractivity (Wildman–Crippen MR) is 143 cm³/mol. The van der Waals surface area contributed by atoms with E-state index < -0.39 is 15.9 Å². The van der Waals surface area contributed by atoms with E-state index in [9.17, 15) is 13.2 Å². The van der Waals surface area contributed by atoms with E-state index in [2.05, 4.69) is 15.4 Å². The Hall–Kier alpha value is -3.83. The molecule has 3 N–H and O–H groups in total. The number of thiocarbonyl (C=S) groups is 1. The number of hydrogen-bond donors (Lipinski definition) is 3. The van der Waals surface area contributed by atoms with Crippen LogP contribution in [0.25, 0.3) is 0 Å². The lowest BCUT2D eigenvalue weighted by molar-refractivity contribution is 0.0977. The standard InChI is InChI=1S/C25H27N3O6S2/c1-15-6-7-19(12-16(15)2)28-36(30,31)20-10-8-18(9-11-20)26-25(35)27-24(29)17-13-21(32-3)23(34-5)22(14-17)33-4/h6-14,28H,1-5H3,(H2,26,27,29,35). The van der Waals surface area contributed by atoms with E-state index >= 15 is 0 Å². The summed E-state index contributed by atoms with van der Waals surface area (Å²) in [5.41, 5.74) is 3.28. The lowest BCUT2D eigenvalue weighted by Crippen LogP contribution is -2.34. The summed E-state index contributed by atoms with van der Waals surface area (Å²) in [6, 6.07) is 14.3. The number of anilines is 2. The highest BCUT2D eigenvalue weighted by Gasteiger charge is 2.18. The van der Waals surface area contributed by atoms with Crippen LogP contribution in [0.15, 0.2) is 59.5 Å². The van der Waals surface area contributed by atoms with Crippen molar-refractivity contribution in [2.45, 2.75) is 18.7 Å². The van der Waals surface area contributed by atoms with Gasteiger partial charge in [-0.2, -0.15) is 0 Å². The SMILES string of the molecule is COc1cc(C(=O)NC(=S)Nc2ccc(S(=O)(=O)Nc3ccc(C)c(C)c3)cc2)cc(OC)c1OC. The molecule has 3 aromatic carbocycles. The fourth-order valence-electron chi connectivity index (χ4n) is 3.29. The Morgan fingerprint density at radius 3 is 1.92 bits per heavy atom. The van der Waals surface area contributed by atoms with Gasteiger partial charge in [0.05, 0.1) is 26.2 Å². The van der Waals surface area contributed by atoms with Crippen LogP contribution in [0.4, 0.5) is 11.4 Å². The van der Waals surface area contributed by atoms with Crippen molar-refractivity contribution in [1.29, 1.82) is 0 Å². The highest BCUT2D eigenvalue weighted by molar-refractivity contribution is 7.92. The van der Waals surface area contributed by atoms with Gasteiger partial charge in [0.2, 0.25) is 5.75 Å². The van der Waals surface area contributed by atoms with Crippen LogP contribution < -0.4 is 29.6 Å². The Balaban J connectivity index is 1.67.